The molecule has 0 fully saturated rings. The van der Waals surface area contributed by atoms with E-state index in [-0.39, 0.29) is 0 Å². The number of ether oxygens (including phenoxy) is 1. The summed E-state index contributed by atoms with van der Waals surface area (Å²) >= 11 is 0. The summed E-state index contributed by atoms with van der Waals surface area (Å²) < 4.78 is 11.5. The Morgan fingerprint density at radius 3 is 1.47 bits per heavy atom. The zero-order chi connectivity index (χ0) is 39.3. The highest BCUT2D eigenvalue weighted by Gasteiger charge is 2.32. The Kier molecular flexibility index (Phi) is 7.07. The Labute approximate surface area is 346 Å². The molecule has 0 unspecified atom stereocenters. The predicted molar refractivity (Wildman–Crippen MR) is 247 cm³/mol. The Morgan fingerprint density at radius 1 is 0.400 bits per heavy atom. The molecule has 0 saturated heterocycles. The maximum atomic E-state index is 6.54. The summed E-state index contributed by atoms with van der Waals surface area (Å²) in [6.45, 7) is 1.34. The van der Waals surface area contributed by atoms with Gasteiger partial charge >= 0.3 is 0 Å². The summed E-state index contributed by atoms with van der Waals surface area (Å²) in [5.74, 6) is 0.861. The molecule has 1 aliphatic heterocycles. The molecule has 5 nitrogen and oxygen atoms in total. The molecular weight excluding hydrogens is 733 g/mol. The minimum Gasteiger partial charge on any atom is -0.490 e. The van der Waals surface area contributed by atoms with Crippen molar-refractivity contribution in [3.63, 3.8) is 0 Å². The highest BCUT2D eigenvalue weighted by Crippen LogP contribution is 2.55. The lowest BCUT2D eigenvalue weighted by Crippen LogP contribution is -2.28. The van der Waals surface area contributed by atoms with Crippen molar-refractivity contribution in [3.8, 4) is 61.8 Å². The van der Waals surface area contributed by atoms with Crippen LogP contribution in [0.4, 0.5) is 11.4 Å². The van der Waals surface area contributed by atoms with E-state index in [1.54, 1.807) is 0 Å². The minimum absolute atomic E-state index is 0.593. The number of fused-ring (bicyclic) bond motifs is 15. The highest BCUT2D eigenvalue weighted by atomic mass is 16.5. The zero-order valence-corrected chi connectivity index (χ0v) is 32.6. The normalized spacial score (nSPS) is 13.0. The van der Waals surface area contributed by atoms with Crippen molar-refractivity contribution in [2.75, 3.05) is 18.1 Å². The molecule has 4 heterocycles. The first-order chi connectivity index (χ1) is 29.8. The molecule has 0 radical (unpaired) electrons. The fourth-order valence-corrected chi connectivity index (χ4v) is 10.2. The second-order valence-corrected chi connectivity index (χ2v) is 15.7. The van der Waals surface area contributed by atoms with E-state index >= 15 is 0 Å². The fraction of sp³-hybridized carbons (Fsp3) is 0.0364. The maximum absolute atomic E-state index is 6.54. The van der Waals surface area contributed by atoms with Crippen molar-refractivity contribution in [1.82, 2.24) is 14.1 Å². The Balaban J connectivity index is 1.23. The standard InChI is InChI=1S/C55H36N4O/c1-2-15-35(16-3-1)57-31-32-60-52-34-44-43(33-51(52)57)41-22-13-29-50(59-47-26-10-6-19-38(47)39-20-7-11-27-48(39)59)54(41)53-40(42-23-14-30-56-55(42)44)21-12-28-49(53)58-45-24-8-4-17-36(45)37-18-5-9-25-46(37)58/h1-30,33-34H,31-32H2. The maximum Gasteiger partial charge on any atom is 0.143 e. The molecule has 0 spiro atoms. The van der Waals surface area contributed by atoms with Crippen molar-refractivity contribution in [1.29, 1.82) is 0 Å². The number of hydrogen-bond donors (Lipinski definition) is 0. The fourth-order valence-electron chi connectivity index (χ4n) is 10.2. The van der Waals surface area contributed by atoms with Crippen LogP contribution in [0.5, 0.6) is 5.75 Å². The van der Waals surface area contributed by atoms with Gasteiger partial charge in [-0.1, -0.05) is 121 Å². The van der Waals surface area contributed by atoms with Crippen molar-refractivity contribution < 1.29 is 4.74 Å². The minimum atomic E-state index is 0.593. The lowest BCUT2D eigenvalue weighted by atomic mass is 9.80. The van der Waals surface area contributed by atoms with Crippen LogP contribution >= 0.6 is 0 Å². The third-order valence-corrected chi connectivity index (χ3v) is 12.7. The molecular formula is C55H36N4O. The molecule has 13 rings (SSSR count). The molecule has 11 aromatic rings. The Hall–Kier alpha value is -7.89. The van der Waals surface area contributed by atoms with Crippen molar-refractivity contribution in [2.45, 2.75) is 0 Å². The molecule has 282 valence electrons. The molecule has 0 saturated carbocycles. The molecule has 2 aliphatic rings. The monoisotopic (exact) mass is 768 g/mol. The van der Waals surface area contributed by atoms with Crippen molar-refractivity contribution in [3.05, 3.63) is 194 Å². The molecule has 0 bridgehead atoms. The van der Waals surface area contributed by atoms with Crippen LogP contribution in [0.2, 0.25) is 0 Å². The van der Waals surface area contributed by atoms with Gasteiger partial charge < -0.3 is 18.8 Å². The van der Waals surface area contributed by atoms with E-state index in [1.807, 2.05) is 6.20 Å². The van der Waals surface area contributed by atoms with Crippen LogP contribution in [0.25, 0.3) is 99.6 Å². The third kappa shape index (κ3) is 4.66. The van der Waals surface area contributed by atoms with Gasteiger partial charge in [-0.2, -0.15) is 0 Å². The van der Waals surface area contributed by atoms with Crippen LogP contribution in [0.1, 0.15) is 0 Å². The predicted octanol–water partition coefficient (Wildman–Crippen LogP) is 13.8. The molecule has 3 aromatic heterocycles. The first-order valence-electron chi connectivity index (χ1n) is 20.6. The van der Waals surface area contributed by atoms with E-state index in [2.05, 4.69) is 202 Å². The number of nitrogens with zero attached hydrogens (tertiary/aromatic N) is 4. The molecule has 8 aromatic carbocycles. The van der Waals surface area contributed by atoms with Crippen LogP contribution in [0.15, 0.2) is 194 Å². The average Bonchev–Trinajstić information content (AvgIpc) is 3.83. The lowest BCUT2D eigenvalue weighted by molar-refractivity contribution is 0.314. The Morgan fingerprint density at radius 2 is 0.900 bits per heavy atom. The number of aromatic nitrogens is 3. The number of benzene rings is 8. The van der Waals surface area contributed by atoms with Gasteiger partial charge in [0.15, 0.2) is 0 Å². The first-order valence-corrected chi connectivity index (χ1v) is 20.6. The van der Waals surface area contributed by atoms with E-state index in [9.17, 15) is 0 Å². The molecule has 0 atom stereocenters. The van der Waals surface area contributed by atoms with E-state index in [4.69, 9.17) is 9.72 Å². The van der Waals surface area contributed by atoms with Gasteiger partial charge in [-0.05, 0) is 83.4 Å². The van der Waals surface area contributed by atoms with Crippen molar-refractivity contribution in [2.24, 2.45) is 0 Å². The third-order valence-electron chi connectivity index (χ3n) is 12.7. The summed E-state index contributed by atoms with van der Waals surface area (Å²) in [5, 5.41) is 4.92. The SMILES string of the molecule is c1ccc(N2CCOc3cc4c(cc32)-c2cccc(-n3c5ccccc5c5ccccc53)c2-c2c(cccc2-n2c3ccccc3c3ccccc32)-c2cccnc2-4)cc1. The van der Waals surface area contributed by atoms with Gasteiger partial charge in [-0.15, -0.1) is 0 Å². The van der Waals surface area contributed by atoms with Crippen LogP contribution in [0, 0.1) is 0 Å². The Bertz CT molecular complexity index is 3430. The molecule has 1 aliphatic carbocycles. The topological polar surface area (TPSA) is 35.2 Å². The van der Waals surface area contributed by atoms with Gasteiger partial charge in [-0.3, -0.25) is 4.98 Å². The van der Waals surface area contributed by atoms with Gasteiger partial charge in [-0.25, -0.2) is 0 Å². The van der Waals surface area contributed by atoms with Gasteiger partial charge in [0.25, 0.3) is 0 Å². The number of rotatable bonds is 3. The summed E-state index contributed by atoms with van der Waals surface area (Å²) in [5.41, 5.74) is 17.9. The lowest BCUT2D eigenvalue weighted by Gasteiger charge is -2.33. The smallest absolute Gasteiger partial charge is 0.143 e. The summed E-state index contributed by atoms with van der Waals surface area (Å²) in [6.07, 6.45) is 1.92. The zero-order valence-electron chi connectivity index (χ0n) is 32.6. The number of para-hydroxylation sites is 5. The summed E-state index contributed by atoms with van der Waals surface area (Å²) in [6, 6.07) is 68.5. The van der Waals surface area contributed by atoms with Gasteiger partial charge in [0, 0.05) is 55.7 Å². The number of pyridine rings is 1. The highest BCUT2D eigenvalue weighted by molar-refractivity contribution is 6.14. The summed E-state index contributed by atoms with van der Waals surface area (Å²) in [7, 11) is 0. The number of hydrogen-bond acceptors (Lipinski definition) is 3. The molecule has 0 amide bonds. The largest absolute Gasteiger partial charge is 0.490 e. The second kappa shape index (κ2) is 12.8. The van der Waals surface area contributed by atoms with Gasteiger partial charge in [0.1, 0.15) is 12.4 Å². The van der Waals surface area contributed by atoms with Crippen LogP contribution < -0.4 is 9.64 Å². The molecule has 0 N–H and O–H groups in total. The van der Waals surface area contributed by atoms with Crippen molar-refractivity contribution >= 4 is 55.0 Å². The van der Waals surface area contributed by atoms with E-state index in [1.165, 1.54) is 43.6 Å². The van der Waals surface area contributed by atoms with Crippen LogP contribution in [-0.4, -0.2) is 27.3 Å². The van der Waals surface area contributed by atoms with E-state index in [0.29, 0.717) is 6.61 Å². The van der Waals surface area contributed by atoms with E-state index in [0.717, 1.165) is 79.7 Å². The quantitative estimate of drug-likeness (QED) is 0.180. The van der Waals surface area contributed by atoms with Crippen LogP contribution in [0.3, 0.4) is 0 Å². The molecule has 60 heavy (non-hydrogen) atoms. The first kappa shape index (κ1) is 33.1. The van der Waals surface area contributed by atoms with E-state index < -0.39 is 0 Å². The summed E-state index contributed by atoms with van der Waals surface area (Å²) in [4.78, 5) is 7.62. The van der Waals surface area contributed by atoms with Gasteiger partial charge in [0.05, 0.1) is 51.4 Å². The number of anilines is 2. The van der Waals surface area contributed by atoms with Crippen LogP contribution in [-0.2, 0) is 0 Å². The second-order valence-electron chi connectivity index (χ2n) is 15.7. The molecule has 5 heteroatoms. The van der Waals surface area contributed by atoms with Gasteiger partial charge in [0.2, 0.25) is 0 Å². The average molecular weight is 769 g/mol.